The molecule has 4 aromatic rings. The van der Waals surface area contributed by atoms with Gasteiger partial charge in [0.2, 0.25) is 0 Å². The van der Waals surface area contributed by atoms with E-state index in [1.807, 2.05) is 60.7 Å². The molecule has 0 saturated heterocycles. The lowest BCUT2D eigenvalue weighted by molar-refractivity contribution is 0.423. The Morgan fingerprint density at radius 2 is 1.20 bits per heavy atom. The molecule has 1 aliphatic carbocycles. The van der Waals surface area contributed by atoms with Gasteiger partial charge in [0.15, 0.2) is 0 Å². The number of nitrogens with zero attached hydrogens (tertiary/aromatic N) is 1. The Hall–Kier alpha value is -4.05. The molecular formula is C31H30N2O2. The summed E-state index contributed by atoms with van der Waals surface area (Å²) in [6, 6.07) is 30.0. The summed E-state index contributed by atoms with van der Waals surface area (Å²) >= 11 is 0. The summed E-state index contributed by atoms with van der Waals surface area (Å²) < 4.78 is 12.2. The van der Waals surface area contributed by atoms with Crippen molar-refractivity contribution in [2.45, 2.75) is 38.0 Å². The average molecular weight is 463 g/mol. The van der Waals surface area contributed by atoms with E-state index in [9.17, 15) is 0 Å². The molecule has 0 aliphatic heterocycles. The Bertz CT molecular complexity index is 1360. The highest BCUT2D eigenvalue weighted by Gasteiger charge is 2.45. The monoisotopic (exact) mass is 462 g/mol. The number of benzene rings is 4. The van der Waals surface area contributed by atoms with Gasteiger partial charge in [0.25, 0.3) is 0 Å². The fourth-order valence-electron chi connectivity index (χ4n) is 5.28. The number of hydrogen-bond acceptors (Lipinski definition) is 4. The zero-order chi connectivity index (χ0) is 24.6. The number of nitrogen functional groups attached to an aromatic ring is 1. The van der Waals surface area contributed by atoms with Crippen molar-refractivity contribution >= 4 is 18.1 Å². The number of ether oxygens (including phenoxy) is 2. The molecule has 0 saturated carbocycles. The van der Waals surface area contributed by atoms with Crippen LogP contribution in [0.1, 0.15) is 43.9 Å². The van der Waals surface area contributed by atoms with Gasteiger partial charge in [-0.3, -0.25) is 4.99 Å². The molecule has 0 bridgehead atoms. The Morgan fingerprint density at radius 1 is 0.686 bits per heavy atom. The minimum absolute atomic E-state index is 0.0555. The average Bonchev–Trinajstić information content (AvgIpc) is 3.07. The van der Waals surface area contributed by atoms with Gasteiger partial charge in [0.05, 0.1) is 5.69 Å². The number of nitrogens with two attached hydrogens (primary N) is 1. The molecule has 4 aromatic carbocycles. The highest BCUT2D eigenvalue weighted by molar-refractivity contribution is 5.55. The van der Waals surface area contributed by atoms with E-state index < -0.39 is 0 Å². The van der Waals surface area contributed by atoms with Gasteiger partial charge in [-0.1, -0.05) is 39.0 Å². The normalized spacial score (nSPS) is 18.0. The van der Waals surface area contributed by atoms with Crippen molar-refractivity contribution in [3.05, 3.63) is 108 Å². The topological polar surface area (TPSA) is 56.8 Å². The third-order valence-electron chi connectivity index (χ3n) is 6.97. The molecule has 4 nitrogen and oxygen atoms in total. The van der Waals surface area contributed by atoms with Crippen LogP contribution in [0, 0.1) is 0 Å². The van der Waals surface area contributed by atoms with Gasteiger partial charge in [-0.25, -0.2) is 0 Å². The Labute approximate surface area is 207 Å². The molecule has 176 valence electrons. The summed E-state index contributed by atoms with van der Waals surface area (Å²) in [5, 5.41) is 0. The maximum absolute atomic E-state index is 6.17. The van der Waals surface area contributed by atoms with E-state index in [2.05, 4.69) is 62.8 Å². The highest BCUT2D eigenvalue weighted by atomic mass is 16.5. The highest BCUT2D eigenvalue weighted by Crippen LogP contribution is 2.53. The fraction of sp³-hybridized carbons (Fsp3) is 0.194. The molecule has 1 aliphatic rings. The maximum Gasteiger partial charge on any atom is 0.127 e. The Balaban J connectivity index is 1.43. The van der Waals surface area contributed by atoms with Crippen LogP contribution >= 0.6 is 0 Å². The first-order valence-corrected chi connectivity index (χ1v) is 11.8. The molecular weight excluding hydrogens is 432 g/mol. The van der Waals surface area contributed by atoms with Crippen molar-refractivity contribution in [2.75, 3.05) is 5.73 Å². The van der Waals surface area contributed by atoms with Gasteiger partial charge in [0, 0.05) is 11.1 Å². The van der Waals surface area contributed by atoms with Gasteiger partial charge in [0.1, 0.15) is 23.0 Å². The predicted octanol–water partition coefficient (Wildman–Crippen LogP) is 8.17. The zero-order valence-electron chi connectivity index (χ0n) is 20.4. The van der Waals surface area contributed by atoms with Gasteiger partial charge in [-0.2, -0.15) is 0 Å². The van der Waals surface area contributed by atoms with Crippen LogP contribution in [0.5, 0.6) is 23.0 Å². The van der Waals surface area contributed by atoms with Crippen molar-refractivity contribution < 1.29 is 9.47 Å². The van der Waals surface area contributed by atoms with E-state index in [0.29, 0.717) is 0 Å². The summed E-state index contributed by atoms with van der Waals surface area (Å²) in [5.41, 5.74) is 11.2. The summed E-state index contributed by atoms with van der Waals surface area (Å²) in [6.07, 6.45) is 1.01. The summed E-state index contributed by atoms with van der Waals surface area (Å²) in [5.74, 6) is 3.18. The number of anilines is 1. The number of aliphatic imine (C=N–C) groups is 1. The molecule has 1 unspecified atom stereocenters. The van der Waals surface area contributed by atoms with Gasteiger partial charge in [-0.15, -0.1) is 0 Å². The van der Waals surface area contributed by atoms with Gasteiger partial charge in [-0.05, 0) is 108 Å². The molecule has 35 heavy (non-hydrogen) atoms. The largest absolute Gasteiger partial charge is 0.457 e. The lowest BCUT2D eigenvalue weighted by Gasteiger charge is -2.28. The number of hydrogen-bond donors (Lipinski definition) is 1. The van der Waals surface area contributed by atoms with Crippen LogP contribution < -0.4 is 15.2 Å². The van der Waals surface area contributed by atoms with Crippen molar-refractivity contribution in [3.63, 3.8) is 0 Å². The Kier molecular flexibility index (Phi) is 5.60. The van der Waals surface area contributed by atoms with Crippen molar-refractivity contribution in [1.29, 1.82) is 0 Å². The first-order valence-electron chi connectivity index (χ1n) is 11.8. The summed E-state index contributed by atoms with van der Waals surface area (Å²) in [6.45, 7) is 10.5. The van der Waals surface area contributed by atoms with Crippen LogP contribution in [0.2, 0.25) is 0 Å². The van der Waals surface area contributed by atoms with Crippen LogP contribution in [-0.4, -0.2) is 6.72 Å². The third-order valence-corrected chi connectivity index (χ3v) is 6.97. The van der Waals surface area contributed by atoms with Crippen molar-refractivity contribution in [3.8, 4) is 23.0 Å². The Morgan fingerprint density at radius 3 is 1.80 bits per heavy atom. The van der Waals surface area contributed by atoms with Crippen LogP contribution in [0.3, 0.4) is 0 Å². The number of fused-ring (bicyclic) bond motifs is 1. The number of rotatable bonds is 6. The zero-order valence-corrected chi connectivity index (χ0v) is 20.4. The molecule has 0 fully saturated rings. The molecule has 0 amide bonds. The van der Waals surface area contributed by atoms with E-state index >= 15 is 0 Å². The minimum Gasteiger partial charge on any atom is -0.457 e. The second kappa shape index (κ2) is 8.62. The molecule has 0 heterocycles. The molecule has 4 heteroatoms. The maximum atomic E-state index is 6.17. The fourth-order valence-corrected chi connectivity index (χ4v) is 5.28. The summed E-state index contributed by atoms with van der Waals surface area (Å²) in [4.78, 5) is 3.93. The van der Waals surface area contributed by atoms with E-state index in [4.69, 9.17) is 15.2 Å². The molecule has 0 radical (unpaired) electrons. The quantitative estimate of drug-likeness (QED) is 0.232. The van der Waals surface area contributed by atoms with Gasteiger partial charge < -0.3 is 15.2 Å². The molecule has 0 spiro atoms. The summed E-state index contributed by atoms with van der Waals surface area (Å²) in [7, 11) is 0. The van der Waals surface area contributed by atoms with Crippen LogP contribution in [0.4, 0.5) is 11.4 Å². The predicted molar refractivity (Wildman–Crippen MR) is 144 cm³/mol. The van der Waals surface area contributed by atoms with E-state index in [-0.39, 0.29) is 10.8 Å². The lowest BCUT2D eigenvalue weighted by atomic mass is 9.75. The van der Waals surface area contributed by atoms with E-state index in [0.717, 1.165) is 40.8 Å². The lowest BCUT2D eigenvalue weighted by Crippen LogP contribution is -2.23. The molecule has 5 rings (SSSR count). The SMILES string of the molecule is C=Nc1ccc(Oc2ccc(C3(C)CC(C)(C)c4ccc(Oc5ccc(N)cc5)cc43)cc2)cc1. The molecule has 0 aromatic heterocycles. The minimum atomic E-state index is -0.144. The first kappa shape index (κ1) is 22.7. The standard InChI is InChI=1S/C31H30N2O2/c1-30(2)20-31(3,21-5-11-24(12-6-21)34-26-15-9-23(33-4)10-16-26)29-19-27(17-18-28(29)30)35-25-13-7-22(32)8-14-25/h5-19H,4,20,32H2,1-3H3. The molecule has 1 atom stereocenters. The molecule has 2 N–H and O–H groups in total. The van der Waals surface area contributed by atoms with Gasteiger partial charge >= 0.3 is 0 Å². The smallest absolute Gasteiger partial charge is 0.127 e. The van der Waals surface area contributed by atoms with Crippen LogP contribution in [0.25, 0.3) is 0 Å². The third kappa shape index (κ3) is 4.40. The van der Waals surface area contributed by atoms with E-state index in [1.165, 1.54) is 16.7 Å². The second-order valence-electron chi connectivity index (χ2n) is 10.0. The van der Waals surface area contributed by atoms with Crippen molar-refractivity contribution in [2.24, 2.45) is 4.99 Å². The van der Waals surface area contributed by atoms with Crippen LogP contribution in [0.15, 0.2) is 96.0 Å². The first-order chi connectivity index (χ1) is 16.8. The second-order valence-corrected chi connectivity index (χ2v) is 10.0. The van der Waals surface area contributed by atoms with Crippen LogP contribution in [-0.2, 0) is 10.8 Å². The van der Waals surface area contributed by atoms with Crippen molar-refractivity contribution in [1.82, 2.24) is 0 Å². The van der Waals surface area contributed by atoms with E-state index in [1.54, 1.807) is 0 Å².